The van der Waals surface area contributed by atoms with E-state index < -0.39 is 23.7 Å². The summed E-state index contributed by atoms with van der Waals surface area (Å²) >= 11 is 1.59. The summed E-state index contributed by atoms with van der Waals surface area (Å²) in [6.45, 7) is 3.34. The van der Waals surface area contributed by atoms with Crippen molar-refractivity contribution in [3.8, 4) is 23.1 Å². The molecule has 0 atom stereocenters. The molecular formula is C23H19F3N4O4S2. The lowest BCUT2D eigenvalue weighted by molar-refractivity contribution is -0.141. The number of thioether (sulfide) groups is 1. The fourth-order valence-electron chi connectivity index (χ4n) is 2.96. The Balaban J connectivity index is 1.81. The van der Waals surface area contributed by atoms with E-state index in [-0.39, 0.29) is 38.7 Å². The number of halogens is 3. The van der Waals surface area contributed by atoms with Crippen LogP contribution in [0.15, 0.2) is 35.5 Å². The Kier molecular flexibility index (Phi) is 8.54. The van der Waals surface area contributed by atoms with Crippen LogP contribution in [0.4, 0.5) is 18.2 Å². The first kappa shape index (κ1) is 27.0. The maximum atomic E-state index is 13.4. The topological polar surface area (TPSA) is 114 Å². The van der Waals surface area contributed by atoms with E-state index in [1.54, 1.807) is 38.1 Å². The maximum absolute atomic E-state index is 13.4. The van der Waals surface area contributed by atoms with Gasteiger partial charge in [0.25, 0.3) is 0 Å². The van der Waals surface area contributed by atoms with E-state index >= 15 is 0 Å². The van der Waals surface area contributed by atoms with Crippen molar-refractivity contribution in [2.24, 2.45) is 0 Å². The second-order valence-electron chi connectivity index (χ2n) is 7.08. The number of amides is 1. The van der Waals surface area contributed by atoms with Crippen molar-refractivity contribution in [2.45, 2.75) is 25.2 Å². The smallest absolute Gasteiger partial charge is 0.433 e. The Bertz CT molecular complexity index is 1320. The number of aromatic nitrogens is 2. The standard InChI is InChI=1S/C23H19F3N4O4S2/c1-4-34-21(32)19-12(2)15(10-27)20(36-19)30-18(31)11-35-22-28-16(9-17(29-22)23(24,25)26)13-5-7-14(33-3)8-6-13/h5-9H,4,11H2,1-3H3,(H,30,31). The molecule has 0 saturated heterocycles. The van der Waals surface area contributed by atoms with Gasteiger partial charge >= 0.3 is 12.1 Å². The number of carbonyl (C=O) groups is 2. The number of hydrogen-bond donors (Lipinski definition) is 1. The molecule has 3 aromatic rings. The van der Waals surface area contributed by atoms with Gasteiger partial charge in [-0.25, -0.2) is 14.8 Å². The Labute approximate surface area is 212 Å². The van der Waals surface area contributed by atoms with E-state index in [4.69, 9.17) is 9.47 Å². The predicted molar refractivity (Wildman–Crippen MR) is 128 cm³/mol. The lowest BCUT2D eigenvalue weighted by Gasteiger charge is -2.11. The number of anilines is 1. The zero-order chi connectivity index (χ0) is 26.5. The molecule has 3 rings (SSSR count). The molecule has 1 aromatic carbocycles. The van der Waals surface area contributed by atoms with Gasteiger partial charge in [-0.15, -0.1) is 11.3 Å². The number of benzene rings is 1. The number of methoxy groups -OCH3 is 1. The van der Waals surface area contributed by atoms with Crippen LogP contribution in [-0.4, -0.2) is 41.3 Å². The number of esters is 1. The zero-order valence-electron chi connectivity index (χ0n) is 19.2. The van der Waals surface area contributed by atoms with Crippen molar-refractivity contribution in [1.29, 1.82) is 5.26 Å². The van der Waals surface area contributed by atoms with Gasteiger partial charge in [-0.3, -0.25) is 4.79 Å². The molecule has 2 aromatic heterocycles. The highest BCUT2D eigenvalue weighted by Crippen LogP contribution is 2.34. The normalized spacial score (nSPS) is 11.0. The lowest BCUT2D eigenvalue weighted by Crippen LogP contribution is -2.15. The third-order valence-corrected chi connectivity index (χ3v) is 6.72. The fraction of sp³-hybridized carbons (Fsp3) is 0.261. The summed E-state index contributed by atoms with van der Waals surface area (Å²) in [5, 5.41) is 11.9. The van der Waals surface area contributed by atoms with Crippen LogP contribution < -0.4 is 10.1 Å². The number of nitriles is 1. The molecule has 0 aliphatic heterocycles. The van der Waals surface area contributed by atoms with Gasteiger partial charge in [-0.2, -0.15) is 18.4 Å². The van der Waals surface area contributed by atoms with E-state index in [2.05, 4.69) is 15.3 Å². The minimum Gasteiger partial charge on any atom is -0.497 e. The molecule has 1 N–H and O–H groups in total. The molecule has 0 spiro atoms. The van der Waals surface area contributed by atoms with E-state index in [9.17, 15) is 28.0 Å². The summed E-state index contributed by atoms with van der Waals surface area (Å²) in [6.07, 6.45) is -4.72. The molecule has 0 radical (unpaired) electrons. The largest absolute Gasteiger partial charge is 0.497 e. The minimum atomic E-state index is -4.72. The van der Waals surface area contributed by atoms with Crippen LogP contribution in [0.5, 0.6) is 5.75 Å². The van der Waals surface area contributed by atoms with Gasteiger partial charge in [0.05, 0.1) is 30.7 Å². The van der Waals surface area contributed by atoms with Crippen molar-refractivity contribution in [2.75, 3.05) is 24.8 Å². The van der Waals surface area contributed by atoms with Crippen LogP contribution in [-0.2, 0) is 15.7 Å². The summed E-state index contributed by atoms with van der Waals surface area (Å²) in [4.78, 5) is 32.5. The zero-order valence-corrected chi connectivity index (χ0v) is 20.9. The predicted octanol–water partition coefficient (Wildman–Crippen LogP) is 5.32. The van der Waals surface area contributed by atoms with Gasteiger partial charge in [0.15, 0.2) is 5.16 Å². The van der Waals surface area contributed by atoms with Crippen molar-refractivity contribution >= 4 is 40.0 Å². The highest BCUT2D eigenvalue weighted by Gasteiger charge is 2.34. The third kappa shape index (κ3) is 6.32. The summed E-state index contributed by atoms with van der Waals surface area (Å²) in [6, 6.07) is 9.07. The summed E-state index contributed by atoms with van der Waals surface area (Å²) in [5.41, 5.74) is -0.226. The average Bonchev–Trinajstić information content (AvgIpc) is 3.16. The molecular weight excluding hydrogens is 517 g/mol. The Hall–Kier alpha value is -3.63. The van der Waals surface area contributed by atoms with Crippen molar-refractivity contribution < 1.29 is 32.2 Å². The molecule has 188 valence electrons. The molecule has 0 saturated carbocycles. The number of nitrogens with zero attached hydrogens (tertiary/aromatic N) is 3. The number of carbonyl (C=O) groups excluding carboxylic acids is 2. The number of thiophene rings is 1. The Morgan fingerprint density at radius 3 is 2.50 bits per heavy atom. The lowest BCUT2D eigenvalue weighted by atomic mass is 10.1. The van der Waals surface area contributed by atoms with Crippen LogP contribution in [0.3, 0.4) is 0 Å². The van der Waals surface area contributed by atoms with E-state index in [0.29, 0.717) is 28.6 Å². The van der Waals surface area contributed by atoms with Gasteiger partial charge in [-0.05, 0) is 49.7 Å². The van der Waals surface area contributed by atoms with Crippen molar-refractivity contribution in [1.82, 2.24) is 9.97 Å². The minimum absolute atomic E-state index is 0.0302. The van der Waals surface area contributed by atoms with Crippen LogP contribution in [0.2, 0.25) is 0 Å². The van der Waals surface area contributed by atoms with Crippen LogP contribution in [0.1, 0.15) is 33.4 Å². The Morgan fingerprint density at radius 2 is 1.92 bits per heavy atom. The number of nitrogens with one attached hydrogen (secondary N) is 1. The van der Waals surface area contributed by atoms with E-state index in [1.165, 1.54) is 7.11 Å². The van der Waals surface area contributed by atoms with Crippen LogP contribution in [0, 0.1) is 18.3 Å². The molecule has 13 heteroatoms. The van der Waals surface area contributed by atoms with E-state index in [0.717, 1.165) is 17.4 Å². The molecule has 2 heterocycles. The first-order valence-corrected chi connectivity index (χ1v) is 12.1. The Morgan fingerprint density at radius 1 is 1.22 bits per heavy atom. The van der Waals surface area contributed by atoms with Gasteiger partial charge in [0.2, 0.25) is 5.91 Å². The van der Waals surface area contributed by atoms with Crippen LogP contribution >= 0.6 is 23.1 Å². The molecule has 0 unspecified atom stereocenters. The van der Waals surface area contributed by atoms with Crippen molar-refractivity contribution in [3.05, 3.63) is 52.0 Å². The summed E-state index contributed by atoms with van der Waals surface area (Å²) < 4.78 is 50.4. The van der Waals surface area contributed by atoms with Crippen LogP contribution in [0.25, 0.3) is 11.3 Å². The highest BCUT2D eigenvalue weighted by atomic mass is 32.2. The number of ether oxygens (including phenoxy) is 2. The monoisotopic (exact) mass is 536 g/mol. The molecule has 0 bridgehead atoms. The van der Waals surface area contributed by atoms with E-state index in [1.807, 2.05) is 6.07 Å². The first-order chi connectivity index (χ1) is 17.1. The quantitative estimate of drug-likeness (QED) is 0.234. The average molecular weight is 537 g/mol. The molecule has 0 aliphatic rings. The van der Waals surface area contributed by atoms with Gasteiger partial charge < -0.3 is 14.8 Å². The van der Waals surface area contributed by atoms with Gasteiger partial charge in [0, 0.05) is 5.56 Å². The molecule has 0 aliphatic carbocycles. The van der Waals surface area contributed by atoms with Gasteiger partial charge in [0.1, 0.15) is 27.4 Å². The number of hydrogen-bond acceptors (Lipinski definition) is 9. The third-order valence-electron chi connectivity index (χ3n) is 4.69. The maximum Gasteiger partial charge on any atom is 0.433 e. The second-order valence-corrected chi connectivity index (χ2v) is 9.04. The molecule has 8 nitrogen and oxygen atoms in total. The molecule has 1 amide bonds. The summed E-state index contributed by atoms with van der Waals surface area (Å²) in [5.74, 6) is -1.03. The first-order valence-electron chi connectivity index (χ1n) is 10.3. The van der Waals surface area contributed by atoms with Crippen molar-refractivity contribution in [3.63, 3.8) is 0 Å². The number of rotatable bonds is 8. The second kappa shape index (κ2) is 11.4. The highest BCUT2D eigenvalue weighted by molar-refractivity contribution is 7.99. The molecule has 36 heavy (non-hydrogen) atoms. The fourth-order valence-corrected chi connectivity index (χ4v) is 4.69. The SMILES string of the molecule is CCOC(=O)c1sc(NC(=O)CSc2nc(-c3ccc(OC)cc3)cc(C(F)(F)F)n2)c(C#N)c1C. The van der Waals surface area contributed by atoms with Gasteiger partial charge in [-0.1, -0.05) is 11.8 Å². The number of alkyl halides is 3. The summed E-state index contributed by atoms with van der Waals surface area (Å²) in [7, 11) is 1.47. The molecule has 0 fully saturated rings.